The quantitative estimate of drug-likeness (QED) is 0.699. The highest BCUT2D eigenvalue weighted by Gasteiger charge is 2.07. The second-order valence-electron chi connectivity index (χ2n) is 5.09. The van der Waals surface area contributed by atoms with Crippen molar-refractivity contribution in [3.63, 3.8) is 0 Å². The van der Waals surface area contributed by atoms with Crippen molar-refractivity contribution in [2.24, 2.45) is 0 Å². The summed E-state index contributed by atoms with van der Waals surface area (Å²) in [5.74, 6) is -0.497. The Kier molecular flexibility index (Phi) is 6.81. The highest BCUT2D eigenvalue weighted by atomic mass is 79.9. The van der Waals surface area contributed by atoms with Crippen molar-refractivity contribution < 1.29 is 14.3 Å². The molecule has 2 rings (SSSR count). The molecule has 0 aliphatic heterocycles. The minimum absolute atomic E-state index is 0.126. The van der Waals surface area contributed by atoms with Gasteiger partial charge in [0.25, 0.3) is 0 Å². The predicted octanol–water partition coefficient (Wildman–Crippen LogP) is 4.07. The molecule has 1 amide bonds. The molecular weight excluding hydrogens is 372 g/mol. The smallest absolute Gasteiger partial charge is 0.338 e. The summed E-state index contributed by atoms with van der Waals surface area (Å²) in [7, 11) is 0. The van der Waals surface area contributed by atoms with E-state index in [0.29, 0.717) is 12.2 Å². The zero-order chi connectivity index (χ0) is 17.4. The van der Waals surface area contributed by atoms with Gasteiger partial charge >= 0.3 is 5.97 Å². The average Bonchev–Trinajstić information content (AvgIpc) is 2.60. The standard InChI is InChI=1S/C18H19BrN2O3/c1-2-11-24-18(23)13-7-9-14(10-8-13)20-12-17(22)21-16-6-4-3-5-15(16)19/h3-10,20H,2,11-12H2,1H3,(H,21,22). The maximum absolute atomic E-state index is 12.0. The lowest BCUT2D eigenvalue weighted by Gasteiger charge is -2.09. The molecule has 0 fully saturated rings. The van der Waals surface area contributed by atoms with E-state index in [9.17, 15) is 9.59 Å². The number of esters is 1. The van der Waals surface area contributed by atoms with Crippen LogP contribution in [0.25, 0.3) is 0 Å². The molecule has 0 bridgehead atoms. The van der Waals surface area contributed by atoms with Crippen molar-refractivity contribution in [1.82, 2.24) is 0 Å². The van der Waals surface area contributed by atoms with Gasteiger partial charge in [-0.1, -0.05) is 19.1 Å². The summed E-state index contributed by atoms with van der Waals surface area (Å²) in [6.07, 6.45) is 0.790. The zero-order valence-electron chi connectivity index (χ0n) is 13.3. The molecule has 24 heavy (non-hydrogen) atoms. The van der Waals surface area contributed by atoms with Crippen LogP contribution in [0.4, 0.5) is 11.4 Å². The molecule has 5 nitrogen and oxygen atoms in total. The molecule has 6 heteroatoms. The van der Waals surface area contributed by atoms with Gasteiger partial charge in [-0.3, -0.25) is 4.79 Å². The van der Waals surface area contributed by atoms with Gasteiger partial charge in [0.05, 0.1) is 24.4 Å². The monoisotopic (exact) mass is 390 g/mol. The van der Waals surface area contributed by atoms with Gasteiger partial charge in [-0.15, -0.1) is 0 Å². The van der Waals surface area contributed by atoms with Gasteiger partial charge in [0.2, 0.25) is 5.91 Å². The van der Waals surface area contributed by atoms with Gasteiger partial charge < -0.3 is 15.4 Å². The van der Waals surface area contributed by atoms with Crippen LogP contribution in [-0.2, 0) is 9.53 Å². The number of nitrogens with one attached hydrogen (secondary N) is 2. The summed E-state index contributed by atoms with van der Waals surface area (Å²) in [5, 5.41) is 5.82. The molecule has 0 aliphatic carbocycles. The highest BCUT2D eigenvalue weighted by Crippen LogP contribution is 2.21. The van der Waals surface area contributed by atoms with Crippen LogP contribution in [0.2, 0.25) is 0 Å². The number of hydrogen-bond donors (Lipinski definition) is 2. The Balaban J connectivity index is 1.85. The Labute approximate surface area is 149 Å². The van der Waals surface area contributed by atoms with Crippen LogP contribution in [0, 0.1) is 0 Å². The van der Waals surface area contributed by atoms with Gasteiger partial charge in [-0.25, -0.2) is 4.79 Å². The molecule has 2 aromatic rings. The summed E-state index contributed by atoms with van der Waals surface area (Å²) in [6.45, 7) is 2.48. The molecule has 126 valence electrons. The van der Waals surface area contributed by atoms with Crippen LogP contribution >= 0.6 is 15.9 Å². The Morgan fingerprint density at radius 2 is 1.79 bits per heavy atom. The molecule has 0 heterocycles. The third kappa shape index (κ3) is 5.38. The van der Waals surface area contributed by atoms with E-state index in [1.54, 1.807) is 24.3 Å². The first-order chi connectivity index (χ1) is 11.6. The number of anilines is 2. The summed E-state index contributed by atoms with van der Waals surface area (Å²) in [5.41, 5.74) is 1.97. The lowest BCUT2D eigenvalue weighted by molar-refractivity contribution is -0.114. The average molecular weight is 391 g/mol. The summed E-state index contributed by atoms with van der Waals surface area (Å²) in [6, 6.07) is 14.2. The van der Waals surface area contributed by atoms with Crippen molar-refractivity contribution in [2.75, 3.05) is 23.8 Å². The van der Waals surface area contributed by atoms with Crippen LogP contribution in [0.3, 0.4) is 0 Å². The van der Waals surface area contributed by atoms with E-state index in [2.05, 4.69) is 26.6 Å². The van der Waals surface area contributed by atoms with Crippen molar-refractivity contribution in [3.05, 3.63) is 58.6 Å². The summed E-state index contributed by atoms with van der Waals surface area (Å²) < 4.78 is 5.89. The molecule has 0 saturated carbocycles. The van der Waals surface area contributed by atoms with E-state index in [1.165, 1.54) is 0 Å². The first-order valence-electron chi connectivity index (χ1n) is 7.65. The fraction of sp³-hybridized carbons (Fsp3) is 0.222. The second-order valence-corrected chi connectivity index (χ2v) is 5.95. The van der Waals surface area contributed by atoms with Crippen molar-refractivity contribution in [3.8, 4) is 0 Å². The second kappa shape index (κ2) is 9.08. The Morgan fingerprint density at radius 3 is 2.46 bits per heavy atom. The summed E-state index contributed by atoms with van der Waals surface area (Å²) >= 11 is 3.38. The predicted molar refractivity (Wildman–Crippen MR) is 98.3 cm³/mol. The first-order valence-corrected chi connectivity index (χ1v) is 8.45. The van der Waals surface area contributed by atoms with E-state index >= 15 is 0 Å². The van der Waals surface area contributed by atoms with Gasteiger partial charge in [-0.2, -0.15) is 0 Å². The molecule has 0 unspecified atom stereocenters. The van der Waals surface area contributed by atoms with Crippen LogP contribution in [0.1, 0.15) is 23.7 Å². The van der Waals surface area contributed by atoms with Crippen LogP contribution in [0.5, 0.6) is 0 Å². The number of para-hydroxylation sites is 1. The Bertz CT molecular complexity index is 702. The lowest BCUT2D eigenvalue weighted by atomic mass is 10.2. The van der Waals surface area contributed by atoms with E-state index in [1.807, 2.05) is 31.2 Å². The molecular formula is C18H19BrN2O3. The molecule has 0 aliphatic rings. The normalized spacial score (nSPS) is 10.1. The maximum atomic E-state index is 12.0. The Hall–Kier alpha value is -2.34. The third-order valence-electron chi connectivity index (χ3n) is 3.16. The number of carbonyl (C=O) groups is 2. The van der Waals surface area contributed by atoms with Gasteiger partial charge in [-0.05, 0) is 58.7 Å². The van der Waals surface area contributed by atoms with E-state index < -0.39 is 0 Å². The molecule has 0 aromatic heterocycles. The number of benzene rings is 2. The minimum atomic E-state index is -0.338. The SMILES string of the molecule is CCCOC(=O)c1ccc(NCC(=O)Nc2ccccc2Br)cc1. The molecule has 0 spiro atoms. The van der Waals surface area contributed by atoms with Crippen LogP contribution in [0.15, 0.2) is 53.0 Å². The highest BCUT2D eigenvalue weighted by molar-refractivity contribution is 9.10. The van der Waals surface area contributed by atoms with Crippen LogP contribution in [-0.4, -0.2) is 25.0 Å². The number of halogens is 1. The van der Waals surface area contributed by atoms with Gasteiger partial charge in [0.1, 0.15) is 0 Å². The fourth-order valence-electron chi connectivity index (χ4n) is 1.94. The topological polar surface area (TPSA) is 67.4 Å². The molecule has 2 N–H and O–H groups in total. The van der Waals surface area contributed by atoms with Gasteiger partial charge in [0, 0.05) is 10.2 Å². The molecule has 0 atom stereocenters. The zero-order valence-corrected chi connectivity index (χ0v) is 14.9. The first kappa shape index (κ1) is 18.0. The van der Waals surface area contributed by atoms with Crippen molar-refractivity contribution in [2.45, 2.75) is 13.3 Å². The van der Waals surface area contributed by atoms with Crippen molar-refractivity contribution >= 4 is 39.2 Å². The molecule has 0 saturated heterocycles. The number of rotatable bonds is 7. The third-order valence-corrected chi connectivity index (χ3v) is 3.85. The van der Waals surface area contributed by atoms with Crippen molar-refractivity contribution in [1.29, 1.82) is 0 Å². The number of hydrogen-bond acceptors (Lipinski definition) is 4. The van der Waals surface area contributed by atoms with Crippen LogP contribution < -0.4 is 10.6 Å². The number of carbonyl (C=O) groups excluding carboxylic acids is 2. The minimum Gasteiger partial charge on any atom is -0.462 e. The van der Waals surface area contributed by atoms with E-state index in [4.69, 9.17) is 4.74 Å². The summed E-state index contributed by atoms with van der Waals surface area (Å²) in [4.78, 5) is 23.7. The van der Waals surface area contributed by atoms with E-state index in [-0.39, 0.29) is 18.4 Å². The molecule has 0 radical (unpaired) electrons. The van der Waals surface area contributed by atoms with Gasteiger partial charge in [0.15, 0.2) is 0 Å². The maximum Gasteiger partial charge on any atom is 0.338 e. The largest absolute Gasteiger partial charge is 0.462 e. The fourth-order valence-corrected chi connectivity index (χ4v) is 2.33. The molecule has 2 aromatic carbocycles. The lowest BCUT2D eigenvalue weighted by Crippen LogP contribution is -2.21. The number of amides is 1. The number of ether oxygens (including phenoxy) is 1. The van der Waals surface area contributed by atoms with E-state index in [0.717, 1.165) is 22.3 Å². The Morgan fingerprint density at radius 1 is 1.08 bits per heavy atom.